The molecule has 0 atom stereocenters. The summed E-state index contributed by atoms with van der Waals surface area (Å²) in [6, 6.07) is 12.7. The van der Waals surface area contributed by atoms with Gasteiger partial charge in [0.1, 0.15) is 5.75 Å². The van der Waals surface area contributed by atoms with Gasteiger partial charge in [-0.3, -0.25) is 10.1 Å². The summed E-state index contributed by atoms with van der Waals surface area (Å²) in [5.74, 6) is 2.01. The third kappa shape index (κ3) is 3.96. The van der Waals surface area contributed by atoms with Crippen molar-refractivity contribution >= 4 is 18.0 Å². The lowest BCUT2D eigenvalue weighted by Crippen LogP contribution is -2.07. The van der Waals surface area contributed by atoms with Crippen LogP contribution in [0.1, 0.15) is 12.5 Å². The Kier molecular flexibility index (Phi) is 4.92. The highest BCUT2D eigenvalue weighted by Gasteiger charge is 2.13. The van der Waals surface area contributed by atoms with E-state index in [2.05, 4.69) is 15.5 Å². The molecule has 0 radical (unpaired) electrons. The van der Waals surface area contributed by atoms with E-state index in [4.69, 9.17) is 18.6 Å². The molecule has 1 N–H and O–H groups in total. The Morgan fingerprint density at radius 3 is 2.79 bits per heavy atom. The number of ether oxygens (including phenoxy) is 3. The van der Waals surface area contributed by atoms with Crippen LogP contribution in [0.15, 0.2) is 53.0 Å². The fourth-order valence-electron chi connectivity index (χ4n) is 2.59. The number of aromatic nitrogens is 2. The number of carbonyl (C=O) groups is 1. The zero-order valence-electron chi connectivity index (χ0n) is 15.0. The van der Waals surface area contributed by atoms with Gasteiger partial charge in [-0.1, -0.05) is 11.2 Å². The molecular weight excluding hydrogens is 362 g/mol. The van der Waals surface area contributed by atoms with Gasteiger partial charge in [-0.25, -0.2) is 0 Å². The second-order valence-corrected chi connectivity index (χ2v) is 5.81. The van der Waals surface area contributed by atoms with Gasteiger partial charge in [0.2, 0.25) is 12.7 Å². The molecule has 8 nitrogen and oxygen atoms in total. The number of nitrogens with one attached hydrogen (secondary N) is 1. The second kappa shape index (κ2) is 7.83. The van der Waals surface area contributed by atoms with Gasteiger partial charge < -0.3 is 18.6 Å². The van der Waals surface area contributed by atoms with Crippen molar-refractivity contribution in [2.45, 2.75) is 6.92 Å². The molecule has 3 aromatic rings. The monoisotopic (exact) mass is 379 g/mol. The summed E-state index contributed by atoms with van der Waals surface area (Å²) < 4.78 is 21.4. The van der Waals surface area contributed by atoms with E-state index < -0.39 is 0 Å². The van der Waals surface area contributed by atoms with Gasteiger partial charge in [0.25, 0.3) is 5.91 Å². The van der Waals surface area contributed by atoms with Gasteiger partial charge in [-0.05, 0) is 55.0 Å². The Morgan fingerprint density at radius 2 is 1.96 bits per heavy atom. The highest BCUT2D eigenvalue weighted by molar-refractivity contribution is 6.00. The number of amides is 1. The van der Waals surface area contributed by atoms with Crippen LogP contribution in [0.5, 0.6) is 17.2 Å². The van der Waals surface area contributed by atoms with Crippen molar-refractivity contribution in [2.75, 3.05) is 18.7 Å². The molecule has 28 heavy (non-hydrogen) atoms. The first-order valence-corrected chi connectivity index (χ1v) is 8.67. The van der Waals surface area contributed by atoms with Crippen LogP contribution in [0.2, 0.25) is 0 Å². The van der Waals surface area contributed by atoms with Gasteiger partial charge in [0, 0.05) is 11.6 Å². The zero-order chi connectivity index (χ0) is 19.3. The Morgan fingerprint density at radius 1 is 1.14 bits per heavy atom. The minimum atomic E-state index is -0.389. The van der Waals surface area contributed by atoms with Gasteiger partial charge >= 0.3 is 6.01 Å². The van der Waals surface area contributed by atoms with Crippen molar-refractivity contribution in [2.24, 2.45) is 0 Å². The smallest absolute Gasteiger partial charge is 0.322 e. The quantitative estimate of drug-likeness (QED) is 0.655. The molecule has 142 valence electrons. The maximum Gasteiger partial charge on any atom is 0.322 e. The molecule has 1 amide bonds. The van der Waals surface area contributed by atoms with Crippen LogP contribution in [0, 0.1) is 0 Å². The van der Waals surface area contributed by atoms with Gasteiger partial charge in [-0.2, -0.15) is 0 Å². The number of hydrogen-bond donors (Lipinski definition) is 1. The Balaban J connectivity index is 1.38. The van der Waals surface area contributed by atoms with Crippen molar-refractivity contribution in [3.8, 4) is 28.7 Å². The Bertz CT molecular complexity index is 1010. The molecule has 0 aliphatic carbocycles. The molecule has 2 heterocycles. The van der Waals surface area contributed by atoms with Crippen LogP contribution in [0.4, 0.5) is 6.01 Å². The van der Waals surface area contributed by atoms with E-state index in [9.17, 15) is 4.79 Å². The predicted molar refractivity (Wildman–Crippen MR) is 101 cm³/mol. The number of benzene rings is 2. The molecule has 0 unspecified atom stereocenters. The van der Waals surface area contributed by atoms with Gasteiger partial charge in [0.15, 0.2) is 11.5 Å². The Hall–Kier alpha value is -3.81. The molecule has 1 aliphatic rings. The number of anilines is 1. The SMILES string of the molecule is CCOc1ccc(-c2nnc(NC(=O)/C=C/c3ccc4c(c3)OCO4)o2)cc1. The molecule has 1 aliphatic heterocycles. The van der Waals surface area contributed by atoms with E-state index >= 15 is 0 Å². The van der Waals surface area contributed by atoms with E-state index in [1.807, 2.05) is 37.3 Å². The standard InChI is InChI=1S/C20H17N3O5/c1-2-25-15-7-5-14(6-8-15)19-22-23-20(28-19)21-18(24)10-4-13-3-9-16-17(11-13)27-12-26-16/h3-11H,2,12H2,1H3,(H,21,23,24)/b10-4+. The summed E-state index contributed by atoms with van der Waals surface area (Å²) in [6.45, 7) is 2.72. The van der Waals surface area contributed by atoms with Crippen molar-refractivity contribution < 1.29 is 23.4 Å². The molecule has 0 saturated carbocycles. The lowest BCUT2D eigenvalue weighted by atomic mass is 10.2. The molecular formula is C20H17N3O5. The first-order chi connectivity index (χ1) is 13.7. The third-order valence-corrected chi connectivity index (χ3v) is 3.89. The van der Waals surface area contributed by atoms with Gasteiger partial charge in [0.05, 0.1) is 6.61 Å². The van der Waals surface area contributed by atoms with E-state index in [-0.39, 0.29) is 18.7 Å². The van der Waals surface area contributed by atoms with E-state index in [1.165, 1.54) is 6.08 Å². The third-order valence-electron chi connectivity index (χ3n) is 3.89. The molecule has 4 rings (SSSR count). The maximum absolute atomic E-state index is 12.1. The fraction of sp³-hybridized carbons (Fsp3) is 0.150. The minimum Gasteiger partial charge on any atom is -0.494 e. The van der Waals surface area contributed by atoms with Crippen molar-refractivity contribution in [1.29, 1.82) is 0 Å². The molecule has 0 spiro atoms. The molecule has 0 saturated heterocycles. The van der Waals surface area contributed by atoms with Crippen LogP contribution in [-0.2, 0) is 4.79 Å². The average molecular weight is 379 g/mol. The number of nitrogens with zero attached hydrogens (tertiary/aromatic N) is 2. The van der Waals surface area contributed by atoms with E-state index in [0.717, 1.165) is 16.9 Å². The summed E-state index contributed by atoms with van der Waals surface area (Å²) in [6.07, 6.45) is 3.03. The van der Waals surface area contributed by atoms with Crippen molar-refractivity contribution in [3.05, 3.63) is 54.1 Å². The van der Waals surface area contributed by atoms with Gasteiger partial charge in [-0.15, -0.1) is 5.10 Å². The Labute approximate surface area is 160 Å². The predicted octanol–water partition coefficient (Wildman–Crippen LogP) is 3.52. The summed E-state index contributed by atoms with van der Waals surface area (Å²) in [7, 11) is 0. The molecule has 0 fully saturated rings. The first kappa shape index (κ1) is 17.6. The fourth-order valence-corrected chi connectivity index (χ4v) is 2.59. The second-order valence-electron chi connectivity index (χ2n) is 5.81. The topological polar surface area (TPSA) is 95.7 Å². The number of carbonyl (C=O) groups excluding carboxylic acids is 1. The number of fused-ring (bicyclic) bond motifs is 1. The lowest BCUT2D eigenvalue weighted by molar-refractivity contribution is -0.112. The van der Waals surface area contributed by atoms with Crippen LogP contribution in [0.3, 0.4) is 0 Å². The highest BCUT2D eigenvalue weighted by Crippen LogP contribution is 2.32. The molecule has 2 aromatic carbocycles. The summed E-state index contributed by atoms with van der Waals surface area (Å²) in [4.78, 5) is 12.1. The molecule has 8 heteroatoms. The highest BCUT2D eigenvalue weighted by atomic mass is 16.7. The van der Waals surface area contributed by atoms with Crippen molar-refractivity contribution in [3.63, 3.8) is 0 Å². The lowest BCUT2D eigenvalue weighted by Gasteiger charge is -2.02. The largest absolute Gasteiger partial charge is 0.494 e. The number of rotatable bonds is 6. The summed E-state index contributed by atoms with van der Waals surface area (Å²) >= 11 is 0. The number of hydrogen-bond acceptors (Lipinski definition) is 7. The normalized spacial score (nSPS) is 12.3. The summed E-state index contributed by atoms with van der Waals surface area (Å²) in [5.41, 5.74) is 1.53. The zero-order valence-corrected chi connectivity index (χ0v) is 15.0. The maximum atomic E-state index is 12.1. The molecule has 0 bridgehead atoms. The molecule has 1 aromatic heterocycles. The van der Waals surface area contributed by atoms with Crippen LogP contribution in [0.25, 0.3) is 17.5 Å². The van der Waals surface area contributed by atoms with Crippen LogP contribution in [-0.4, -0.2) is 29.5 Å². The van der Waals surface area contributed by atoms with E-state index in [0.29, 0.717) is 24.0 Å². The summed E-state index contributed by atoms with van der Waals surface area (Å²) in [5, 5.41) is 10.3. The minimum absolute atomic E-state index is 0.0178. The van der Waals surface area contributed by atoms with Crippen molar-refractivity contribution in [1.82, 2.24) is 10.2 Å². The first-order valence-electron chi connectivity index (χ1n) is 8.67. The van der Waals surface area contributed by atoms with Crippen LogP contribution < -0.4 is 19.5 Å². The van der Waals surface area contributed by atoms with E-state index in [1.54, 1.807) is 18.2 Å². The van der Waals surface area contributed by atoms with Crippen LogP contribution >= 0.6 is 0 Å². The average Bonchev–Trinajstić information content (AvgIpc) is 3.36.